The van der Waals surface area contributed by atoms with Gasteiger partial charge < -0.3 is 4.90 Å². The molecule has 11 heavy (non-hydrogen) atoms. The van der Waals surface area contributed by atoms with Crippen LogP contribution >= 0.6 is 0 Å². The maximum absolute atomic E-state index is 10.6. The minimum Gasteiger partial charge on any atom is -0.342 e. The summed E-state index contributed by atoms with van der Waals surface area (Å²) in [4.78, 5) is 12.5. The first-order valence-corrected chi connectivity index (χ1v) is 4.36. The van der Waals surface area contributed by atoms with Crippen molar-refractivity contribution in [1.82, 2.24) is 4.90 Å². The lowest BCUT2D eigenvalue weighted by Gasteiger charge is -2.38. The minimum atomic E-state index is 0.434. The monoisotopic (exact) mass is 155 g/mol. The molecule has 2 heteroatoms. The van der Waals surface area contributed by atoms with E-state index in [1.54, 1.807) is 0 Å². The van der Waals surface area contributed by atoms with Crippen molar-refractivity contribution in [2.24, 2.45) is 11.8 Å². The standard InChI is InChI=1S/C9H17NO/c1-7-4-8(2)9(3)10(5-7)6-11/h6-9H,4-5H2,1-3H3. The highest BCUT2D eigenvalue weighted by atomic mass is 16.1. The van der Waals surface area contributed by atoms with Crippen LogP contribution in [-0.2, 0) is 4.79 Å². The van der Waals surface area contributed by atoms with Gasteiger partial charge in [-0.15, -0.1) is 0 Å². The van der Waals surface area contributed by atoms with Gasteiger partial charge in [-0.2, -0.15) is 0 Å². The van der Waals surface area contributed by atoms with Gasteiger partial charge in [-0.05, 0) is 25.2 Å². The molecule has 1 rings (SSSR count). The molecular formula is C9H17NO. The van der Waals surface area contributed by atoms with E-state index in [1.807, 2.05) is 4.90 Å². The van der Waals surface area contributed by atoms with E-state index >= 15 is 0 Å². The average Bonchev–Trinajstić information content (AvgIpc) is 1.96. The summed E-state index contributed by atoms with van der Waals surface area (Å²) in [5.41, 5.74) is 0. The highest BCUT2D eigenvalue weighted by Crippen LogP contribution is 2.25. The maximum atomic E-state index is 10.6. The third kappa shape index (κ3) is 1.73. The zero-order valence-corrected chi connectivity index (χ0v) is 7.58. The Balaban J connectivity index is 2.58. The van der Waals surface area contributed by atoms with E-state index in [0.717, 1.165) is 13.0 Å². The van der Waals surface area contributed by atoms with Crippen molar-refractivity contribution in [2.75, 3.05) is 6.54 Å². The molecule has 0 radical (unpaired) electrons. The molecule has 1 saturated heterocycles. The summed E-state index contributed by atoms with van der Waals surface area (Å²) in [7, 11) is 0. The second kappa shape index (κ2) is 3.24. The molecule has 0 spiro atoms. The molecule has 0 bridgehead atoms. The number of piperidine rings is 1. The van der Waals surface area contributed by atoms with Gasteiger partial charge >= 0.3 is 0 Å². The lowest BCUT2D eigenvalue weighted by atomic mass is 9.86. The van der Waals surface area contributed by atoms with Gasteiger partial charge in [-0.3, -0.25) is 4.79 Å². The summed E-state index contributed by atoms with van der Waals surface area (Å²) in [5.74, 6) is 1.33. The summed E-state index contributed by atoms with van der Waals surface area (Å²) >= 11 is 0. The van der Waals surface area contributed by atoms with Crippen LogP contribution in [0.2, 0.25) is 0 Å². The molecule has 1 fully saturated rings. The van der Waals surface area contributed by atoms with E-state index < -0.39 is 0 Å². The number of nitrogens with zero attached hydrogens (tertiary/aromatic N) is 1. The van der Waals surface area contributed by atoms with E-state index in [1.165, 1.54) is 6.42 Å². The Bertz CT molecular complexity index is 146. The molecule has 1 aliphatic heterocycles. The first kappa shape index (κ1) is 8.57. The van der Waals surface area contributed by atoms with Crippen molar-refractivity contribution < 1.29 is 4.79 Å². The number of carbonyl (C=O) groups is 1. The Morgan fingerprint density at radius 3 is 2.55 bits per heavy atom. The van der Waals surface area contributed by atoms with Gasteiger partial charge in [0.05, 0.1) is 0 Å². The number of carbonyl (C=O) groups excluding carboxylic acids is 1. The fourth-order valence-corrected chi connectivity index (χ4v) is 1.90. The Hall–Kier alpha value is -0.530. The van der Waals surface area contributed by atoms with Gasteiger partial charge in [0.1, 0.15) is 0 Å². The Kier molecular flexibility index (Phi) is 2.53. The molecule has 1 amide bonds. The van der Waals surface area contributed by atoms with Crippen LogP contribution in [0, 0.1) is 11.8 Å². The number of likely N-dealkylation sites (tertiary alicyclic amines) is 1. The van der Waals surface area contributed by atoms with E-state index in [-0.39, 0.29) is 0 Å². The summed E-state index contributed by atoms with van der Waals surface area (Å²) in [6.45, 7) is 7.50. The van der Waals surface area contributed by atoms with Crippen LogP contribution in [0.1, 0.15) is 27.2 Å². The van der Waals surface area contributed by atoms with Crippen molar-refractivity contribution >= 4 is 6.41 Å². The summed E-state index contributed by atoms with van der Waals surface area (Å²) < 4.78 is 0. The summed E-state index contributed by atoms with van der Waals surface area (Å²) in [6.07, 6.45) is 2.24. The van der Waals surface area contributed by atoms with Gasteiger partial charge in [0.15, 0.2) is 0 Å². The Morgan fingerprint density at radius 1 is 1.36 bits per heavy atom. The van der Waals surface area contributed by atoms with Crippen molar-refractivity contribution in [3.63, 3.8) is 0 Å². The highest BCUT2D eigenvalue weighted by Gasteiger charge is 2.27. The van der Waals surface area contributed by atoms with Crippen LogP contribution in [0.15, 0.2) is 0 Å². The number of amides is 1. The number of hydrogen-bond acceptors (Lipinski definition) is 1. The number of rotatable bonds is 1. The van der Waals surface area contributed by atoms with Crippen molar-refractivity contribution in [1.29, 1.82) is 0 Å². The lowest BCUT2D eigenvalue weighted by molar-refractivity contribution is -0.123. The van der Waals surface area contributed by atoms with Crippen molar-refractivity contribution in [3.05, 3.63) is 0 Å². The topological polar surface area (TPSA) is 20.3 Å². The molecule has 2 nitrogen and oxygen atoms in total. The maximum Gasteiger partial charge on any atom is 0.209 e. The quantitative estimate of drug-likeness (QED) is 0.526. The molecular weight excluding hydrogens is 138 g/mol. The molecule has 1 aliphatic rings. The second-order valence-electron chi connectivity index (χ2n) is 3.86. The van der Waals surface area contributed by atoms with Crippen LogP contribution < -0.4 is 0 Å². The average molecular weight is 155 g/mol. The van der Waals surface area contributed by atoms with Crippen LogP contribution in [-0.4, -0.2) is 23.9 Å². The molecule has 0 aromatic heterocycles. The molecule has 3 unspecified atom stereocenters. The zero-order valence-electron chi connectivity index (χ0n) is 7.58. The molecule has 3 atom stereocenters. The lowest BCUT2D eigenvalue weighted by Crippen LogP contribution is -2.44. The van der Waals surface area contributed by atoms with Crippen LogP contribution in [0.3, 0.4) is 0 Å². The van der Waals surface area contributed by atoms with Gasteiger partial charge in [0.2, 0.25) is 6.41 Å². The van der Waals surface area contributed by atoms with E-state index in [0.29, 0.717) is 17.9 Å². The molecule has 0 saturated carbocycles. The number of hydrogen-bond donors (Lipinski definition) is 0. The molecule has 1 heterocycles. The predicted octanol–water partition coefficient (Wildman–Crippen LogP) is 1.51. The summed E-state index contributed by atoms with van der Waals surface area (Å²) in [6, 6.07) is 0.434. The minimum absolute atomic E-state index is 0.434. The fourth-order valence-electron chi connectivity index (χ4n) is 1.90. The molecule has 0 aromatic carbocycles. The van der Waals surface area contributed by atoms with Crippen LogP contribution in [0.4, 0.5) is 0 Å². The van der Waals surface area contributed by atoms with Crippen molar-refractivity contribution in [3.8, 4) is 0 Å². The molecule has 0 aromatic rings. The largest absolute Gasteiger partial charge is 0.342 e. The fraction of sp³-hybridized carbons (Fsp3) is 0.889. The van der Waals surface area contributed by atoms with E-state index in [4.69, 9.17) is 0 Å². The van der Waals surface area contributed by atoms with Gasteiger partial charge in [0, 0.05) is 12.6 Å². The molecule has 0 N–H and O–H groups in total. The first-order chi connectivity index (χ1) is 5.15. The highest BCUT2D eigenvalue weighted by molar-refractivity contribution is 5.48. The van der Waals surface area contributed by atoms with E-state index in [2.05, 4.69) is 20.8 Å². The van der Waals surface area contributed by atoms with Crippen LogP contribution in [0.25, 0.3) is 0 Å². The van der Waals surface area contributed by atoms with Crippen LogP contribution in [0.5, 0.6) is 0 Å². The molecule has 0 aliphatic carbocycles. The molecule has 64 valence electrons. The van der Waals surface area contributed by atoms with Gasteiger partial charge in [-0.25, -0.2) is 0 Å². The zero-order chi connectivity index (χ0) is 8.43. The Labute approximate surface area is 68.6 Å². The Morgan fingerprint density at radius 2 is 2.00 bits per heavy atom. The second-order valence-corrected chi connectivity index (χ2v) is 3.86. The summed E-state index contributed by atoms with van der Waals surface area (Å²) in [5, 5.41) is 0. The SMILES string of the molecule is CC1CC(C)C(C)N(C=O)C1. The smallest absolute Gasteiger partial charge is 0.209 e. The third-order valence-electron chi connectivity index (χ3n) is 2.78. The first-order valence-electron chi connectivity index (χ1n) is 4.36. The van der Waals surface area contributed by atoms with Crippen molar-refractivity contribution in [2.45, 2.75) is 33.2 Å². The normalized spacial score (nSPS) is 38.8. The van der Waals surface area contributed by atoms with Gasteiger partial charge in [-0.1, -0.05) is 13.8 Å². The van der Waals surface area contributed by atoms with Gasteiger partial charge in [0.25, 0.3) is 0 Å². The third-order valence-corrected chi connectivity index (χ3v) is 2.78. The predicted molar refractivity (Wildman–Crippen MR) is 45.2 cm³/mol. The van der Waals surface area contributed by atoms with E-state index in [9.17, 15) is 4.79 Å².